The zero-order valence-corrected chi connectivity index (χ0v) is 9.02. The summed E-state index contributed by atoms with van der Waals surface area (Å²) >= 11 is 0. The van der Waals surface area contributed by atoms with Crippen molar-refractivity contribution in [3.05, 3.63) is 24.3 Å². The van der Waals surface area contributed by atoms with E-state index in [1.165, 1.54) is 6.42 Å². The van der Waals surface area contributed by atoms with Crippen molar-refractivity contribution in [2.24, 2.45) is 4.99 Å². The number of hydrogen-bond donors (Lipinski definition) is 0. The van der Waals surface area contributed by atoms with Crippen molar-refractivity contribution in [1.29, 1.82) is 0 Å². The Hall–Kier alpha value is -0.850. The highest BCUT2D eigenvalue weighted by Gasteiger charge is 1.90. The predicted molar refractivity (Wildman–Crippen MR) is 59.0 cm³/mol. The van der Waals surface area contributed by atoms with Crippen molar-refractivity contribution >= 4 is 5.71 Å². The smallest absolute Gasteiger partial charge is 0.0382 e. The van der Waals surface area contributed by atoms with Crippen LogP contribution in [0.3, 0.4) is 0 Å². The van der Waals surface area contributed by atoms with Gasteiger partial charge in [-0.25, -0.2) is 0 Å². The highest BCUT2D eigenvalue weighted by atomic mass is 14.7. The third kappa shape index (κ3) is 7.26. The van der Waals surface area contributed by atoms with E-state index >= 15 is 0 Å². The molecule has 1 nitrogen and oxygen atoms in total. The Labute approximate surface area is 76.9 Å². The first-order valence-corrected chi connectivity index (χ1v) is 4.40. The second-order valence-electron chi connectivity index (χ2n) is 2.46. The van der Waals surface area contributed by atoms with Gasteiger partial charge < -0.3 is 0 Å². The van der Waals surface area contributed by atoms with Crippen LogP contribution in [0.2, 0.25) is 0 Å². The zero-order valence-electron chi connectivity index (χ0n) is 9.02. The molecule has 0 rings (SSSR count). The first-order valence-electron chi connectivity index (χ1n) is 4.40. The molecule has 0 atom stereocenters. The van der Waals surface area contributed by atoms with E-state index in [0.717, 1.165) is 11.3 Å². The van der Waals surface area contributed by atoms with Gasteiger partial charge >= 0.3 is 0 Å². The van der Waals surface area contributed by atoms with Gasteiger partial charge in [0, 0.05) is 12.8 Å². The number of nitrogens with zero attached hydrogens (tertiary/aromatic N) is 1. The Morgan fingerprint density at radius 2 is 1.83 bits per heavy atom. The van der Waals surface area contributed by atoms with Crippen molar-refractivity contribution in [1.82, 2.24) is 0 Å². The van der Waals surface area contributed by atoms with Gasteiger partial charge in [0.25, 0.3) is 0 Å². The van der Waals surface area contributed by atoms with E-state index in [9.17, 15) is 0 Å². The van der Waals surface area contributed by atoms with E-state index < -0.39 is 0 Å². The van der Waals surface area contributed by atoms with E-state index in [0.29, 0.717) is 0 Å². The monoisotopic (exact) mass is 167 g/mol. The van der Waals surface area contributed by atoms with Crippen LogP contribution in [0.15, 0.2) is 29.3 Å². The fourth-order valence-corrected chi connectivity index (χ4v) is 0.604. The van der Waals surface area contributed by atoms with Gasteiger partial charge in [0.15, 0.2) is 0 Å². The van der Waals surface area contributed by atoms with Crippen LogP contribution in [0.25, 0.3) is 0 Å². The highest BCUT2D eigenvalue weighted by molar-refractivity contribution is 6.00. The molecule has 0 aliphatic heterocycles. The maximum Gasteiger partial charge on any atom is 0.0382 e. The van der Waals surface area contributed by atoms with Gasteiger partial charge in [0.1, 0.15) is 0 Å². The first-order chi connectivity index (χ1) is 5.67. The van der Waals surface area contributed by atoms with E-state index in [-0.39, 0.29) is 0 Å². The zero-order chi connectivity index (χ0) is 9.98. The molecule has 0 aromatic rings. The third-order valence-electron chi connectivity index (χ3n) is 1.28. The molecule has 0 radical (unpaired) electrons. The van der Waals surface area contributed by atoms with Gasteiger partial charge in [0.05, 0.1) is 0 Å². The van der Waals surface area contributed by atoms with Crippen LogP contribution in [-0.2, 0) is 0 Å². The van der Waals surface area contributed by atoms with Crippen LogP contribution in [0.4, 0.5) is 0 Å². The molecule has 0 bridgehead atoms. The van der Waals surface area contributed by atoms with E-state index in [4.69, 9.17) is 0 Å². The maximum atomic E-state index is 4.01. The molecular formula is C11H21N. The Bertz CT molecular complexity index is 164. The largest absolute Gasteiger partial charge is 0.293 e. The van der Waals surface area contributed by atoms with Crippen molar-refractivity contribution < 1.29 is 0 Å². The minimum Gasteiger partial charge on any atom is -0.293 e. The molecule has 0 heterocycles. The molecule has 0 aromatic carbocycles. The summed E-state index contributed by atoms with van der Waals surface area (Å²) in [7, 11) is 1.78. The van der Waals surface area contributed by atoms with E-state index in [2.05, 4.69) is 25.4 Å². The predicted octanol–water partition coefficient (Wildman–Crippen LogP) is 3.63. The maximum absolute atomic E-state index is 4.01. The second-order valence-corrected chi connectivity index (χ2v) is 2.46. The minimum absolute atomic E-state index is 1.03. The van der Waals surface area contributed by atoms with Crippen LogP contribution in [-0.4, -0.2) is 12.8 Å². The van der Waals surface area contributed by atoms with Crippen molar-refractivity contribution in [3.63, 3.8) is 0 Å². The Morgan fingerprint density at radius 3 is 1.92 bits per heavy atom. The summed E-state index contributed by atoms with van der Waals surface area (Å²) in [5.74, 6) is 0. The summed E-state index contributed by atoms with van der Waals surface area (Å²) in [5.41, 5.74) is 2.14. The molecule has 0 aromatic heterocycles. The third-order valence-corrected chi connectivity index (χ3v) is 1.28. The lowest BCUT2D eigenvalue weighted by Crippen LogP contribution is -1.92. The molecule has 0 saturated carbocycles. The summed E-state index contributed by atoms with van der Waals surface area (Å²) in [6, 6.07) is 0. The summed E-state index contributed by atoms with van der Waals surface area (Å²) in [4.78, 5) is 4.01. The molecule has 0 aliphatic rings. The first kappa shape index (κ1) is 13.7. The number of aliphatic imine (C=N–C) groups is 1. The van der Waals surface area contributed by atoms with Gasteiger partial charge in [-0.2, -0.15) is 0 Å². The fraction of sp³-hybridized carbons (Fsp3) is 0.545. The molecule has 0 amide bonds. The van der Waals surface area contributed by atoms with Crippen LogP contribution >= 0.6 is 0 Å². The van der Waals surface area contributed by atoms with Crippen LogP contribution < -0.4 is 0 Å². The summed E-state index contributed by atoms with van der Waals surface area (Å²) < 4.78 is 0. The van der Waals surface area contributed by atoms with Crippen molar-refractivity contribution in [2.75, 3.05) is 7.05 Å². The Morgan fingerprint density at radius 1 is 1.42 bits per heavy atom. The molecular weight excluding hydrogens is 146 g/mol. The molecule has 0 saturated heterocycles. The number of allylic oxidation sites excluding steroid dienone is 3. The molecule has 70 valence electrons. The minimum atomic E-state index is 1.03. The fourth-order valence-electron chi connectivity index (χ4n) is 0.604. The van der Waals surface area contributed by atoms with E-state index in [1.807, 2.05) is 26.0 Å². The molecule has 0 aliphatic carbocycles. The molecule has 0 N–H and O–H groups in total. The second kappa shape index (κ2) is 10.2. The van der Waals surface area contributed by atoms with Gasteiger partial charge in [-0.15, -0.1) is 0 Å². The van der Waals surface area contributed by atoms with Gasteiger partial charge in [0.2, 0.25) is 0 Å². The summed E-state index contributed by atoms with van der Waals surface area (Å²) in [5, 5.41) is 0. The number of hydrogen-bond acceptors (Lipinski definition) is 1. The van der Waals surface area contributed by atoms with Crippen molar-refractivity contribution in [2.45, 2.75) is 34.1 Å². The molecule has 0 unspecified atom stereocenters. The quantitative estimate of drug-likeness (QED) is 0.440. The molecule has 1 heteroatoms. The van der Waals surface area contributed by atoms with E-state index in [1.54, 1.807) is 7.05 Å². The summed E-state index contributed by atoms with van der Waals surface area (Å²) in [6.45, 7) is 11.8. The molecule has 0 spiro atoms. The normalized spacial score (nSPS) is 11.8. The highest BCUT2D eigenvalue weighted by Crippen LogP contribution is 1.97. The lowest BCUT2D eigenvalue weighted by atomic mass is 10.2. The molecule has 0 fully saturated rings. The van der Waals surface area contributed by atoms with Crippen LogP contribution in [0, 0.1) is 0 Å². The number of rotatable bonds is 2. The lowest BCUT2D eigenvalue weighted by Gasteiger charge is -1.95. The van der Waals surface area contributed by atoms with Gasteiger partial charge in [-0.3, -0.25) is 4.99 Å². The SMILES string of the molecule is C=C/C(=C/C)C(C)=NC.CCC. The van der Waals surface area contributed by atoms with Crippen molar-refractivity contribution in [3.8, 4) is 0 Å². The standard InChI is InChI=1S/C8H13N.C3H8/c1-5-8(6-2)7(3)9-4;1-3-2/h5-6H,1H2,2-4H3;3H2,1-2H3/b8-6-,9-7?;. The van der Waals surface area contributed by atoms with Crippen LogP contribution in [0.1, 0.15) is 34.1 Å². The van der Waals surface area contributed by atoms with Crippen LogP contribution in [0.5, 0.6) is 0 Å². The average molecular weight is 167 g/mol. The topological polar surface area (TPSA) is 12.4 Å². The Kier molecular flexibility index (Phi) is 11.6. The average Bonchev–Trinajstić information content (AvgIpc) is 2.08. The van der Waals surface area contributed by atoms with Gasteiger partial charge in [-0.05, 0) is 19.4 Å². The summed E-state index contributed by atoms with van der Waals surface area (Å²) in [6.07, 6.45) is 5.05. The van der Waals surface area contributed by atoms with Gasteiger partial charge in [-0.1, -0.05) is 39.0 Å². The molecule has 12 heavy (non-hydrogen) atoms. The lowest BCUT2D eigenvalue weighted by molar-refractivity contribution is 1.09. The Balaban J connectivity index is 0.